The molecule has 1 aromatic rings. The number of rotatable bonds is 8. The summed E-state index contributed by atoms with van der Waals surface area (Å²) in [4.78, 5) is 0. The third-order valence-electron chi connectivity index (χ3n) is 4.27. The molecule has 1 atom stereocenters. The normalized spacial score (nSPS) is 20.9. The van der Waals surface area contributed by atoms with E-state index >= 15 is 0 Å². The second-order valence-electron chi connectivity index (χ2n) is 6.26. The Hall–Kier alpha value is -0.883. The fourth-order valence-corrected chi connectivity index (χ4v) is 5.29. The van der Waals surface area contributed by atoms with E-state index in [0.717, 1.165) is 35.8 Å². The molecular formula is C18H30O4Si. The van der Waals surface area contributed by atoms with Crippen molar-refractivity contribution < 1.29 is 18.3 Å². The zero-order chi connectivity index (χ0) is 16.9. The molecule has 5 heteroatoms. The van der Waals surface area contributed by atoms with Crippen LogP contribution in [0, 0.1) is 0 Å². The minimum atomic E-state index is -2.35. The summed E-state index contributed by atoms with van der Waals surface area (Å²) in [5, 5.41) is 1.13. The fourth-order valence-electron chi connectivity index (χ4n) is 2.95. The summed E-state index contributed by atoms with van der Waals surface area (Å²) in [5.74, 6) is 0.411. The molecule has 4 nitrogen and oxygen atoms in total. The van der Waals surface area contributed by atoms with Gasteiger partial charge in [0.05, 0.1) is 6.61 Å². The van der Waals surface area contributed by atoms with Gasteiger partial charge in [0.15, 0.2) is 0 Å². The van der Waals surface area contributed by atoms with Gasteiger partial charge in [-0.25, -0.2) is 0 Å². The van der Waals surface area contributed by atoms with Crippen molar-refractivity contribution >= 4 is 13.7 Å². The Labute approximate surface area is 141 Å². The van der Waals surface area contributed by atoms with Gasteiger partial charge in [-0.15, -0.1) is 0 Å². The summed E-state index contributed by atoms with van der Waals surface area (Å²) in [7, 11) is -2.35. The van der Waals surface area contributed by atoms with Gasteiger partial charge in [-0.3, -0.25) is 0 Å². The van der Waals surface area contributed by atoms with E-state index < -0.39 is 14.3 Å². The van der Waals surface area contributed by atoms with E-state index in [1.54, 1.807) is 0 Å². The highest BCUT2D eigenvalue weighted by Gasteiger charge is 2.36. The van der Waals surface area contributed by atoms with Crippen molar-refractivity contribution in [3.8, 4) is 5.75 Å². The number of hydrogen-bond acceptors (Lipinski definition) is 4. The first-order valence-electron chi connectivity index (χ1n) is 8.70. The molecule has 0 amide bonds. The zero-order valence-electron chi connectivity index (χ0n) is 15.1. The lowest BCUT2D eigenvalue weighted by Gasteiger charge is -2.36. The summed E-state index contributed by atoms with van der Waals surface area (Å²) in [6.45, 7) is 12.2. The Morgan fingerprint density at radius 3 is 2.48 bits per heavy atom. The molecule has 0 saturated carbocycles. The van der Waals surface area contributed by atoms with E-state index in [0.29, 0.717) is 19.8 Å². The molecule has 1 aliphatic rings. The molecule has 23 heavy (non-hydrogen) atoms. The lowest BCUT2D eigenvalue weighted by Crippen LogP contribution is -2.51. The Bertz CT molecular complexity index is 514. The average molecular weight is 339 g/mol. The standard InChI is InChI=1S/C18H30O4Si/c1-6-9-12-18(4)19-14-15-13-16(10-11-17(15)22-18)23(5,20-7-2)21-8-3/h10-11,13H,6-9,12,14H2,1-5H3. The summed E-state index contributed by atoms with van der Waals surface area (Å²) in [6, 6.07) is 6.26. The second-order valence-corrected chi connectivity index (χ2v) is 9.31. The molecule has 1 aromatic carbocycles. The molecule has 0 saturated heterocycles. The number of ether oxygens (including phenoxy) is 2. The Morgan fingerprint density at radius 1 is 1.17 bits per heavy atom. The molecule has 1 aliphatic heterocycles. The van der Waals surface area contributed by atoms with Crippen LogP contribution in [0.25, 0.3) is 0 Å². The summed E-state index contributed by atoms with van der Waals surface area (Å²) >= 11 is 0. The molecule has 0 aliphatic carbocycles. The molecule has 0 N–H and O–H groups in total. The van der Waals surface area contributed by atoms with Crippen molar-refractivity contribution in [2.24, 2.45) is 0 Å². The molecule has 0 fully saturated rings. The van der Waals surface area contributed by atoms with E-state index in [1.165, 1.54) is 0 Å². The van der Waals surface area contributed by atoms with E-state index in [2.05, 4.69) is 25.6 Å². The minimum absolute atomic E-state index is 0.509. The largest absolute Gasteiger partial charge is 0.462 e. The van der Waals surface area contributed by atoms with E-state index in [-0.39, 0.29) is 0 Å². The number of unbranched alkanes of at least 4 members (excludes halogenated alkanes) is 1. The van der Waals surface area contributed by atoms with E-state index in [1.807, 2.05) is 26.8 Å². The molecule has 130 valence electrons. The van der Waals surface area contributed by atoms with Gasteiger partial charge < -0.3 is 18.3 Å². The molecule has 0 bridgehead atoms. The summed E-state index contributed by atoms with van der Waals surface area (Å²) in [6.07, 6.45) is 3.15. The monoisotopic (exact) mass is 338 g/mol. The third kappa shape index (κ3) is 4.35. The van der Waals surface area contributed by atoms with Gasteiger partial charge in [0.25, 0.3) is 0 Å². The van der Waals surface area contributed by atoms with Crippen LogP contribution >= 0.6 is 0 Å². The lowest BCUT2D eigenvalue weighted by atomic mass is 10.1. The van der Waals surface area contributed by atoms with Gasteiger partial charge in [0.1, 0.15) is 5.75 Å². The van der Waals surface area contributed by atoms with Crippen molar-refractivity contribution in [1.82, 2.24) is 0 Å². The average Bonchev–Trinajstić information content (AvgIpc) is 2.53. The Balaban J connectivity index is 2.21. The number of hydrogen-bond donors (Lipinski definition) is 0. The summed E-state index contributed by atoms with van der Waals surface area (Å²) in [5.41, 5.74) is 1.08. The van der Waals surface area contributed by atoms with Crippen LogP contribution in [-0.4, -0.2) is 27.6 Å². The lowest BCUT2D eigenvalue weighted by molar-refractivity contribution is -0.197. The highest BCUT2D eigenvalue weighted by Crippen LogP contribution is 2.33. The van der Waals surface area contributed by atoms with Crippen molar-refractivity contribution in [3.05, 3.63) is 23.8 Å². The Kier molecular flexibility index (Phi) is 6.25. The van der Waals surface area contributed by atoms with Gasteiger partial charge >= 0.3 is 8.56 Å². The summed E-state index contributed by atoms with van der Waals surface area (Å²) < 4.78 is 24.1. The molecule has 0 aromatic heterocycles. The van der Waals surface area contributed by atoms with Crippen molar-refractivity contribution in [3.63, 3.8) is 0 Å². The van der Waals surface area contributed by atoms with Crippen LogP contribution in [0.4, 0.5) is 0 Å². The zero-order valence-corrected chi connectivity index (χ0v) is 16.1. The van der Waals surface area contributed by atoms with Gasteiger partial charge in [-0.05, 0) is 44.1 Å². The van der Waals surface area contributed by atoms with E-state index in [4.69, 9.17) is 18.3 Å². The molecular weight excluding hydrogens is 308 g/mol. The van der Waals surface area contributed by atoms with Crippen LogP contribution in [-0.2, 0) is 20.2 Å². The fraction of sp³-hybridized carbons (Fsp3) is 0.667. The predicted octanol–water partition coefficient (Wildman–Crippen LogP) is 3.85. The maximum absolute atomic E-state index is 6.12. The molecule has 1 heterocycles. The maximum Gasteiger partial charge on any atom is 0.369 e. The predicted molar refractivity (Wildman–Crippen MR) is 94.3 cm³/mol. The second kappa shape index (κ2) is 7.79. The number of fused-ring (bicyclic) bond motifs is 1. The first-order chi connectivity index (χ1) is 11.0. The van der Waals surface area contributed by atoms with Crippen LogP contribution in [0.5, 0.6) is 5.75 Å². The highest BCUT2D eigenvalue weighted by molar-refractivity contribution is 6.80. The van der Waals surface area contributed by atoms with Crippen molar-refractivity contribution in [1.29, 1.82) is 0 Å². The van der Waals surface area contributed by atoms with Gasteiger partial charge in [0.2, 0.25) is 5.79 Å². The molecule has 0 spiro atoms. The highest BCUT2D eigenvalue weighted by atomic mass is 28.4. The van der Waals surface area contributed by atoms with Crippen molar-refractivity contribution in [2.75, 3.05) is 13.2 Å². The maximum atomic E-state index is 6.12. The third-order valence-corrected chi connectivity index (χ3v) is 7.31. The Morgan fingerprint density at radius 2 is 1.87 bits per heavy atom. The van der Waals surface area contributed by atoms with Gasteiger partial charge in [-0.2, -0.15) is 0 Å². The first-order valence-corrected chi connectivity index (χ1v) is 11.0. The van der Waals surface area contributed by atoms with Crippen LogP contribution in [0.2, 0.25) is 6.55 Å². The van der Waals surface area contributed by atoms with E-state index in [9.17, 15) is 0 Å². The molecule has 2 rings (SSSR count). The minimum Gasteiger partial charge on any atom is -0.462 e. The topological polar surface area (TPSA) is 36.9 Å². The smallest absolute Gasteiger partial charge is 0.369 e. The van der Waals surface area contributed by atoms with Gasteiger partial charge in [0, 0.05) is 32.1 Å². The van der Waals surface area contributed by atoms with Crippen molar-refractivity contribution in [2.45, 2.75) is 65.9 Å². The van der Waals surface area contributed by atoms with Crippen LogP contribution in [0.15, 0.2) is 18.2 Å². The van der Waals surface area contributed by atoms with Crippen LogP contribution in [0.1, 0.15) is 52.5 Å². The number of benzene rings is 1. The first kappa shape index (κ1) is 18.5. The molecule has 1 unspecified atom stereocenters. The van der Waals surface area contributed by atoms with Crippen LogP contribution in [0.3, 0.4) is 0 Å². The van der Waals surface area contributed by atoms with Gasteiger partial charge in [-0.1, -0.05) is 19.4 Å². The molecule has 0 radical (unpaired) electrons. The van der Waals surface area contributed by atoms with Crippen LogP contribution < -0.4 is 9.92 Å². The SMILES string of the molecule is CCCCC1(C)OCc2cc([Si](C)(OCC)OCC)ccc2O1. The quantitative estimate of drug-likeness (QED) is 0.675.